The quantitative estimate of drug-likeness (QED) is 0.928. The fourth-order valence-corrected chi connectivity index (χ4v) is 3.63. The van der Waals surface area contributed by atoms with Crippen molar-refractivity contribution in [1.82, 2.24) is 10.2 Å². The molecule has 3 rings (SSSR count). The number of nitrogens with zero attached hydrogens (tertiary/aromatic N) is 1. The van der Waals surface area contributed by atoms with Crippen molar-refractivity contribution in [3.05, 3.63) is 35.9 Å². The number of carbonyl (C=O) groups excluding carboxylic acids is 2. The van der Waals surface area contributed by atoms with Crippen LogP contribution in [0.1, 0.15) is 44.1 Å². The van der Waals surface area contributed by atoms with E-state index in [2.05, 4.69) is 5.32 Å². The zero-order valence-corrected chi connectivity index (χ0v) is 13.0. The third-order valence-corrected chi connectivity index (χ3v) is 4.79. The van der Waals surface area contributed by atoms with Crippen molar-refractivity contribution in [2.75, 3.05) is 6.54 Å². The van der Waals surface area contributed by atoms with Crippen LogP contribution in [0.25, 0.3) is 0 Å². The molecule has 4 heteroatoms. The van der Waals surface area contributed by atoms with Gasteiger partial charge in [-0.25, -0.2) is 0 Å². The maximum atomic E-state index is 12.7. The van der Waals surface area contributed by atoms with E-state index in [-0.39, 0.29) is 24.4 Å². The molecule has 0 spiro atoms. The fourth-order valence-electron chi connectivity index (χ4n) is 3.63. The molecule has 1 aromatic carbocycles. The van der Waals surface area contributed by atoms with Crippen LogP contribution >= 0.6 is 0 Å². The first-order valence-electron chi connectivity index (χ1n) is 8.34. The van der Waals surface area contributed by atoms with Crippen molar-refractivity contribution in [2.24, 2.45) is 5.92 Å². The average molecular weight is 300 g/mol. The maximum Gasteiger partial charge on any atom is 0.245 e. The monoisotopic (exact) mass is 300 g/mol. The molecule has 1 N–H and O–H groups in total. The Morgan fingerprint density at radius 3 is 2.50 bits per heavy atom. The average Bonchev–Trinajstić information content (AvgIpc) is 2.54. The molecular weight excluding hydrogens is 276 g/mol. The van der Waals surface area contributed by atoms with E-state index in [1.165, 1.54) is 32.1 Å². The predicted octanol–water partition coefficient (Wildman–Crippen LogP) is 2.48. The summed E-state index contributed by atoms with van der Waals surface area (Å²) in [7, 11) is 0. The molecule has 2 fully saturated rings. The summed E-state index contributed by atoms with van der Waals surface area (Å²) in [4.78, 5) is 26.3. The topological polar surface area (TPSA) is 49.4 Å². The third kappa shape index (κ3) is 3.67. The van der Waals surface area contributed by atoms with E-state index in [0.717, 1.165) is 12.0 Å². The lowest BCUT2D eigenvalue weighted by molar-refractivity contribution is -0.145. The number of piperazine rings is 1. The molecule has 0 bridgehead atoms. The molecule has 1 saturated heterocycles. The Labute approximate surface area is 131 Å². The Hall–Kier alpha value is -1.84. The third-order valence-electron chi connectivity index (χ3n) is 4.79. The van der Waals surface area contributed by atoms with Gasteiger partial charge in [0.15, 0.2) is 0 Å². The van der Waals surface area contributed by atoms with Crippen LogP contribution in [0.3, 0.4) is 0 Å². The zero-order chi connectivity index (χ0) is 15.4. The van der Waals surface area contributed by atoms with Gasteiger partial charge in [-0.15, -0.1) is 0 Å². The number of nitrogens with one attached hydrogen (secondary N) is 1. The van der Waals surface area contributed by atoms with E-state index in [4.69, 9.17) is 0 Å². The van der Waals surface area contributed by atoms with Crippen molar-refractivity contribution in [3.63, 3.8) is 0 Å². The van der Waals surface area contributed by atoms with E-state index >= 15 is 0 Å². The smallest absolute Gasteiger partial charge is 0.245 e. The Balaban J connectivity index is 1.64. The van der Waals surface area contributed by atoms with Gasteiger partial charge in [0.25, 0.3) is 0 Å². The molecule has 1 atom stereocenters. The second-order valence-corrected chi connectivity index (χ2v) is 6.54. The van der Waals surface area contributed by atoms with Crippen LogP contribution in [0, 0.1) is 5.92 Å². The molecule has 4 nitrogen and oxygen atoms in total. The first-order valence-corrected chi connectivity index (χ1v) is 8.34. The second-order valence-electron chi connectivity index (χ2n) is 6.54. The molecule has 118 valence electrons. The highest BCUT2D eigenvalue weighted by molar-refractivity contribution is 5.94. The lowest BCUT2D eigenvalue weighted by atomic mass is 9.84. The summed E-state index contributed by atoms with van der Waals surface area (Å²) in [5.41, 5.74) is 1.07. The van der Waals surface area contributed by atoms with Gasteiger partial charge in [-0.05, 0) is 17.9 Å². The summed E-state index contributed by atoms with van der Waals surface area (Å²) < 4.78 is 0. The van der Waals surface area contributed by atoms with E-state index in [9.17, 15) is 9.59 Å². The first-order chi connectivity index (χ1) is 10.7. The number of rotatable bonds is 4. The van der Waals surface area contributed by atoms with Crippen molar-refractivity contribution in [2.45, 2.75) is 51.1 Å². The number of benzene rings is 1. The van der Waals surface area contributed by atoms with E-state index in [1.54, 1.807) is 4.90 Å². The minimum absolute atomic E-state index is 0.0312. The van der Waals surface area contributed by atoms with Gasteiger partial charge in [0.1, 0.15) is 6.04 Å². The second kappa shape index (κ2) is 6.95. The van der Waals surface area contributed by atoms with Crippen LogP contribution in [0.4, 0.5) is 0 Å². The summed E-state index contributed by atoms with van der Waals surface area (Å²) >= 11 is 0. The van der Waals surface area contributed by atoms with Crippen LogP contribution in [0.2, 0.25) is 0 Å². The van der Waals surface area contributed by atoms with Gasteiger partial charge in [-0.3, -0.25) is 9.59 Å². The summed E-state index contributed by atoms with van der Waals surface area (Å²) in [6, 6.07) is 9.55. The van der Waals surface area contributed by atoms with Gasteiger partial charge in [0.2, 0.25) is 11.8 Å². The fraction of sp³-hybridized carbons (Fsp3) is 0.556. The molecule has 1 saturated carbocycles. The Kier molecular flexibility index (Phi) is 4.76. The lowest BCUT2D eigenvalue weighted by Gasteiger charge is -2.35. The summed E-state index contributed by atoms with van der Waals surface area (Å²) in [6.07, 6.45) is 7.01. The Morgan fingerprint density at radius 2 is 1.77 bits per heavy atom. The van der Waals surface area contributed by atoms with E-state index in [0.29, 0.717) is 12.5 Å². The molecule has 1 aliphatic carbocycles. The predicted molar refractivity (Wildman–Crippen MR) is 85.0 cm³/mol. The molecule has 1 unspecified atom stereocenters. The standard InChI is InChI=1S/C18H24N2O2/c21-17-13-20(12-15-9-5-2-6-10-15)18(22)16(19-17)11-14-7-3-1-4-8-14/h2,5-6,9-10,14,16H,1,3-4,7-8,11-13H2,(H,19,21). The van der Waals surface area contributed by atoms with Crippen LogP contribution < -0.4 is 5.32 Å². The molecule has 1 heterocycles. The molecule has 0 radical (unpaired) electrons. The highest BCUT2D eigenvalue weighted by atomic mass is 16.2. The molecule has 22 heavy (non-hydrogen) atoms. The molecular formula is C18H24N2O2. The van der Waals surface area contributed by atoms with Gasteiger partial charge in [0.05, 0.1) is 6.54 Å². The molecule has 2 aliphatic rings. The number of amides is 2. The zero-order valence-electron chi connectivity index (χ0n) is 13.0. The highest BCUT2D eigenvalue weighted by Crippen LogP contribution is 2.28. The van der Waals surface area contributed by atoms with Crippen molar-refractivity contribution in [1.29, 1.82) is 0 Å². The Morgan fingerprint density at radius 1 is 1.05 bits per heavy atom. The highest BCUT2D eigenvalue weighted by Gasteiger charge is 2.34. The van der Waals surface area contributed by atoms with Crippen LogP contribution in [0.15, 0.2) is 30.3 Å². The van der Waals surface area contributed by atoms with Gasteiger partial charge in [-0.2, -0.15) is 0 Å². The largest absolute Gasteiger partial charge is 0.343 e. The molecule has 1 aliphatic heterocycles. The van der Waals surface area contributed by atoms with Crippen LogP contribution in [0.5, 0.6) is 0 Å². The summed E-state index contributed by atoms with van der Waals surface area (Å²) in [5.74, 6) is 0.630. The number of hydrogen-bond donors (Lipinski definition) is 1. The number of hydrogen-bond acceptors (Lipinski definition) is 2. The minimum Gasteiger partial charge on any atom is -0.343 e. The Bertz CT molecular complexity index is 523. The van der Waals surface area contributed by atoms with Crippen molar-refractivity contribution < 1.29 is 9.59 Å². The van der Waals surface area contributed by atoms with E-state index in [1.807, 2.05) is 30.3 Å². The van der Waals surface area contributed by atoms with Crippen molar-refractivity contribution in [3.8, 4) is 0 Å². The minimum atomic E-state index is -0.326. The number of carbonyl (C=O) groups is 2. The van der Waals surface area contributed by atoms with Gasteiger partial charge < -0.3 is 10.2 Å². The lowest BCUT2D eigenvalue weighted by Crippen LogP contribution is -2.58. The van der Waals surface area contributed by atoms with Gasteiger partial charge >= 0.3 is 0 Å². The maximum absolute atomic E-state index is 12.7. The molecule has 1 aromatic rings. The van der Waals surface area contributed by atoms with Crippen LogP contribution in [-0.4, -0.2) is 29.3 Å². The summed E-state index contributed by atoms with van der Waals surface area (Å²) in [5, 5.41) is 2.90. The van der Waals surface area contributed by atoms with Gasteiger partial charge in [-0.1, -0.05) is 62.4 Å². The molecule has 0 aromatic heterocycles. The SMILES string of the molecule is O=C1CN(Cc2ccccc2)C(=O)C(CC2CCCCC2)N1. The summed E-state index contributed by atoms with van der Waals surface area (Å²) in [6.45, 7) is 0.698. The van der Waals surface area contributed by atoms with Crippen LogP contribution in [-0.2, 0) is 16.1 Å². The normalized spacial score (nSPS) is 23.5. The first kappa shape index (κ1) is 15.1. The van der Waals surface area contributed by atoms with Gasteiger partial charge in [0, 0.05) is 6.54 Å². The molecule has 2 amide bonds. The van der Waals surface area contributed by atoms with Crippen molar-refractivity contribution >= 4 is 11.8 Å². The van der Waals surface area contributed by atoms with E-state index < -0.39 is 0 Å².